The summed E-state index contributed by atoms with van der Waals surface area (Å²) in [6.45, 7) is 0.695. The van der Waals surface area contributed by atoms with Crippen molar-refractivity contribution in [1.82, 2.24) is 4.98 Å². The smallest absolute Gasteiger partial charge is 0.490 e. The number of carboxylic acids is 1. The normalized spacial score (nSPS) is 11.1. The van der Waals surface area contributed by atoms with Crippen molar-refractivity contribution in [3.05, 3.63) is 36.4 Å². The first kappa shape index (κ1) is 23.6. The van der Waals surface area contributed by atoms with Crippen LogP contribution in [0.25, 0.3) is 21.8 Å². The summed E-state index contributed by atoms with van der Waals surface area (Å²) in [5.41, 5.74) is 7.59. The Morgan fingerprint density at radius 3 is 1.90 bits per heavy atom. The van der Waals surface area contributed by atoms with Gasteiger partial charge in [0.05, 0.1) is 25.3 Å². The third-order valence-electron chi connectivity index (χ3n) is 3.97. The largest absolute Gasteiger partial charge is 0.497 e. The van der Waals surface area contributed by atoms with Gasteiger partial charge in [0.25, 0.3) is 0 Å². The van der Waals surface area contributed by atoms with Crippen LogP contribution in [0.1, 0.15) is 6.42 Å². The monoisotopic (exact) mass is 442 g/mol. The number of carboxylic acid groups (broad SMARTS) is 1. The van der Waals surface area contributed by atoms with Crippen LogP contribution < -0.4 is 15.2 Å². The first-order chi connectivity index (χ1) is 14.2. The average Bonchev–Trinajstić information content (AvgIpc) is 2.72. The molecular weight excluding hydrogens is 421 g/mol. The summed E-state index contributed by atoms with van der Waals surface area (Å²) in [4.78, 5) is 14.9. The number of rotatable bonds is 6. The van der Waals surface area contributed by atoms with Gasteiger partial charge < -0.3 is 20.3 Å². The fourth-order valence-electron chi connectivity index (χ4n) is 2.53. The standard InChI is InChI=1S/C18H20N2O2S.C2HF3O2/c1-21-12-4-6-16-14(10-12)18(23-9-3-8-19)15-11-13(22-2)5-7-17(15)20-16;3-2(4,5)1(6)7/h4-7,10-11H,3,8-9,19H2,1-2H3;(H,6,7). The Morgan fingerprint density at radius 1 is 1.07 bits per heavy atom. The van der Waals surface area contributed by atoms with Gasteiger partial charge in [0.1, 0.15) is 11.5 Å². The van der Waals surface area contributed by atoms with Crippen LogP contribution in [0.3, 0.4) is 0 Å². The van der Waals surface area contributed by atoms with Crippen molar-refractivity contribution in [3.8, 4) is 11.5 Å². The Labute approximate surface area is 175 Å². The van der Waals surface area contributed by atoms with Gasteiger partial charge in [-0.3, -0.25) is 0 Å². The van der Waals surface area contributed by atoms with Crippen LogP contribution in [-0.4, -0.2) is 48.8 Å². The molecule has 3 rings (SSSR count). The number of carbonyl (C=O) groups is 1. The molecule has 0 saturated heterocycles. The molecule has 6 nitrogen and oxygen atoms in total. The summed E-state index contributed by atoms with van der Waals surface area (Å²) >= 11 is 1.81. The second-order valence-corrected chi connectivity index (χ2v) is 7.11. The van der Waals surface area contributed by atoms with Crippen molar-refractivity contribution in [1.29, 1.82) is 0 Å². The van der Waals surface area contributed by atoms with Crippen LogP contribution in [0, 0.1) is 0 Å². The molecule has 0 spiro atoms. The lowest BCUT2D eigenvalue weighted by molar-refractivity contribution is -0.192. The maximum Gasteiger partial charge on any atom is 0.490 e. The zero-order chi connectivity index (χ0) is 22.3. The van der Waals surface area contributed by atoms with E-state index in [-0.39, 0.29) is 0 Å². The summed E-state index contributed by atoms with van der Waals surface area (Å²) in [7, 11) is 3.36. The molecule has 0 aliphatic rings. The third-order valence-corrected chi connectivity index (χ3v) is 5.20. The molecule has 1 aromatic heterocycles. The number of hydrogen-bond donors (Lipinski definition) is 2. The van der Waals surface area contributed by atoms with E-state index in [9.17, 15) is 13.2 Å². The Bertz CT molecular complexity index is 966. The Morgan fingerprint density at radius 2 is 1.53 bits per heavy atom. The fraction of sp³-hybridized carbons (Fsp3) is 0.300. The van der Waals surface area contributed by atoms with Crippen molar-refractivity contribution < 1.29 is 32.5 Å². The zero-order valence-corrected chi connectivity index (χ0v) is 17.1. The van der Waals surface area contributed by atoms with Gasteiger partial charge in [-0.25, -0.2) is 9.78 Å². The molecule has 3 aromatic rings. The quantitative estimate of drug-likeness (QED) is 0.330. The van der Waals surface area contributed by atoms with Crippen molar-refractivity contribution in [3.63, 3.8) is 0 Å². The number of nitrogens with zero attached hydrogens (tertiary/aromatic N) is 1. The fourth-order valence-corrected chi connectivity index (χ4v) is 3.68. The highest BCUT2D eigenvalue weighted by Gasteiger charge is 2.38. The number of ether oxygens (including phenoxy) is 2. The number of fused-ring (bicyclic) bond motifs is 2. The minimum atomic E-state index is -5.08. The summed E-state index contributed by atoms with van der Waals surface area (Å²) < 4.78 is 42.5. The SMILES string of the molecule is COc1ccc2nc3ccc(OC)cc3c(SCCCN)c2c1.O=C(O)C(F)(F)F. The number of hydrogen-bond acceptors (Lipinski definition) is 6. The van der Waals surface area contributed by atoms with Crippen LogP contribution >= 0.6 is 11.8 Å². The van der Waals surface area contributed by atoms with E-state index in [0.29, 0.717) is 6.54 Å². The number of benzene rings is 2. The molecule has 0 fully saturated rings. The number of methoxy groups -OCH3 is 2. The number of thioether (sulfide) groups is 1. The predicted octanol–water partition coefficient (Wildman–Crippen LogP) is 4.48. The number of pyridine rings is 1. The molecule has 3 N–H and O–H groups in total. The van der Waals surface area contributed by atoms with Gasteiger partial charge in [0.2, 0.25) is 0 Å². The minimum absolute atomic E-state index is 0.695. The summed E-state index contributed by atoms with van der Waals surface area (Å²) in [5.74, 6) is -0.115. The Balaban J connectivity index is 0.000000396. The third kappa shape index (κ3) is 5.90. The van der Waals surface area contributed by atoms with Gasteiger partial charge in [-0.1, -0.05) is 0 Å². The van der Waals surface area contributed by atoms with Gasteiger partial charge >= 0.3 is 12.1 Å². The predicted molar refractivity (Wildman–Crippen MR) is 110 cm³/mol. The van der Waals surface area contributed by atoms with E-state index >= 15 is 0 Å². The van der Waals surface area contributed by atoms with Crippen LogP contribution in [0.5, 0.6) is 11.5 Å². The van der Waals surface area contributed by atoms with E-state index in [1.165, 1.54) is 4.90 Å². The van der Waals surface area contributed by atoms with Crippen molar-refractivity contribution in [2.75, 3.05) is 26.5 Å². The number of halogens is 3. The second-order valence-electron chi connectivity index (χ2n) is 6.00. The number of aliphatic carboxylic acids is 1. The number of aromatic nitrogens is 1. The highest BCUT2D eigenvalue weighted by Crippen LogP contribution is 2.37. The lowest BCUT2D eigenvalue weighted by atomic mass is 10.1. The molecule has 0 saturated carbocycles. The molecule has 1 heterocycles. The lowest BCUT2D eigenvalue weighted by Crippen LogP contribution is -2.21. The maximum atomic E-state index is 10.6. The number of nitrogens with two attached hydrogens (primary N) is 1. The topological polar surface area (TPSA) is 94.7 Å². The van der Waals surface area contributed by atoms with E-state index < -0.39 is 12.1 Å². The van der Waals surface area contributed by atoms with Crippen molar-refractivity contribution >= 4 is 39.5 Å². The van der Waals surface area contributed by atoms with E-state index in [1.807, 2.05) is 48.2 Å². The molecule has 0 atom stereocenters. The highest BCUT2D eigenvalue weighted by atomic mass is 32.2. The molecule has 0 amide bonds. The molecule has 0 aliphatic carbocycles. The highest BCUT2D eigenvalue weighted by molar-refractivity contribution is 7.99. The second kappa shape index (κ2) is 10.4. The van der Waals surface area contributed by atoms with Gasteiger partial charge in [0.15, 0.2) is 0 Å². The Hall–Kier alpha value is -2.72. The summed E-state index contributed by atoms with van der Waals surface area (Å²) in [5, 5.41) is 9.33. The van der Waals surface area contributed by atoms with E-state index in [0.717, 1.165) is 45.5 Å². The minimum Gasteiger partial charge on any atom is -0.497 e. The van der Waals surface area contributed by atoms with Crippen LogP contribution in [0.4, 0.5) is 13.2 Å². The summed E-state index contributed by atoms with van der Waals surface area (Å²) in [6.07, 6.45) is -4.11. The van der Waals surface area contributed by atoms with E-state index in [4.69, 9.17) is 30.1 Å². The molecule has 0 unspecified atom stereocenters. The molecule has 162 valence electrons. The molecule has 0 radical (unpaired) electrons. The Kier molecular flexibility index (Phi) is 8.13. The molecule has 0 bridgehead atoms. The molecule has 2 aromatic carbocycles. The van der Waals surface area contributed by atoms with Crippen LogP contribution in [0.15, 0.2) is 41.3 Å². The molecule has 10 heteroatoms. The number of alkyl halides is 3. The molecule has 30 heavy (non-hydrogen) atoms. The lowest BCUT2D eigenvalue weighted by Gasteiger charge is -2.12. The molecule has 0 aliphatic heterocycles. The van der Waals surface area contributed by atoms with Gasteiger partial charge in [-0.2, -0.15) is 13.2 Å². The van der Waals surface area contributed by atoms with E-state index in [1.54, 1.807) is 14.2 Å². The van der Waals surface area contributed by atoms with Crippen molar-refractivity contribution in [2.24, 2.45) is 5.73 Å². The van der Waals surface area contributed by atoms with Crippen LogP contribution in [0.2, 0.25) is 0 Å². The van der Waals surface area contributed by atoms with Gasteiger partial charge in [-0.15, -0.1) is 11.8 Å². The van der Waals surface area contributed by atoms with E-state index in [2.05, 4.69) is 0 Å². The summed E-state index contributed by atoms with van der Waals surface area (Å²) in [6, 6.07) is 12.0. The van der Waals surface area contributed by atoms with Gasteiger partial charge in [-0.05, 0) is 55.1 Å². The first-order valence-electron chi connectivity index (χ1n) is 8.79. The zero-order valence-electron chi connectivity index (χ0n) is 16.3. The molecular formula is C20H21F3N2O4S. The average molecular weight is 442 g/mol. The van der Waals surface area contributed by atoms with Crippen molar-refractivity contribution in [2.45, 2.75) is 17.5 Å². The van der Waals surface area contributed by atoms with Crippen LogP contribution in [-0.2, 0) is 4.79 Å². The van der Waals surface area contributed by atoms with Gasteiger partial charge in [0, 0.05) is 15.7 Å². The first-order valence-corrected chi connectivity index (χ1v) is 9.78. The maximum absolute atomic E-state index is 10.6.